The molecule has 0 aliphatic heterocycles. The highest BCUT2D eigenvalue weighted by atomic mass is 16.5. The molecule has 0 radical (unpaired) electrons. The average molecular weight is 379 g/mol. The molecule has 0 bridgehead atoms. The van der Waals surface area contributed by atoms with E-state index in [1.54, 1.807) is 24.3 Å². The number of nitrogens with two attached hydrogens (primary N) is 1. The number of hydrogen-bond acceptors (Lipinski definition) is 4. The molecule has 5 N–H and O–H groups in total. The smallest absolute Gasteiger partial charge is 0.338 e. The van der Waals surface area contributed by atoms with Crippen molar-refractivity contribution >= 4 is 11.7 Å². The highest BCUT2D eigenvalue weighted by Gasteiger charge is 2.05. The molecule has 0 heterocycles. The Hall–Kier alpha value is -1.55. The van der Waals surface area contributed by atoms with Gasteiger partial charge in [-0.15, -0.1) is 0 Å². The number of anilines is 1. The molecular weight excluding hydrogens is 336 g/mol. The van der Waals surface area contributed by atoms with E-state index in [1.807, 2.05) is 0 Å². The lowest BCUT2D eigenvalue weighted by Gasteiger charge is -2.05. The van der Waals surface area contributed by atoms with Gasteiger partial charge in [-0.05, 0) is 30.7 Å². The van der Waals surface area contributed by atoms with Crippen LogP contribution in [0.3, 0.4) is 0 Å². The second-order valence-electron chi connectivity index (χ2n) is 7.35. The highest BCUT2D eigenvalue weighted by molar-refractivity contribution is 5.89. The van der Waals surface area contributed by atoms with Crippen molar-refractivity contribution in [3.63, 3.8) is 0 Å². The van der Waals surface area contributed by atoms with Gasteiger partial charge >= 0.3 is 5.97 Å². The van der Waals surface area contributed by atoms with Crippen LogP contribution in [0.5, 0.6) is 0 Å². The van der Waals surface area contributed by atoms with Gasteiger partial charge in [0.05, 0.1) is 12.2 Å². The third kappa shape index (κ3) is 14.2. The van der Waals surface area contributed by atoms with Crippen LogP contribution in [0.2, 0.25) is 0 Å². The molecule has 0 aromatic heterocycles. The van der Waals surface area contributed by atoms with Gasteiger partial charge in [-0.2, -0.15) is 0 Å². The lowest BCUT2D eigenvalue weighted by Crippen LogP contribution is -2.06. The Morgan fingerprint density at radius 3 is 1.59 bits per heavy atom. The number of esters is 1. The monoisotopic (exact) mass is 378 g/mol. The van der Waals surface area contributed by atoms with Crippen LogP contribution < -0.4 is 11.9 Å². The second-order valence-corrected chi connectivity index (χ2v) is 7.35. The maximum atomic E-state index is 11.8. The zero-order chi connectivity index (χ0) is 18.9. The minimum Gasteiger partial charge on any atom is -0.462 e. The molecule has 0 saturated heterocycles. The zero-order valence-corrected chi connectivity index (χ0v) is 17.5. The van der Waals surface area contributed by atoms with Crippen LogP contribution in [-0.4, -0.2) is 12.6 Å². The van der Waals surface area contributed by atoms with Crippen molar-refractivity contribution in [3.8, 4) is 0 Å². The van der Waals surface area contributed by atoms with Crippen molar-refractivity contribution in [2.45, 2.75) is 96.8 Å². The average Bonchev–Trinajstić information content (AvgIpc) is 2.65. The molecule has 4 heteroatoms. The van der Waals surface area contributed by atoms with E-state index in [0.717, 1.165) is 12.8 Å². The zero-order valence-electron chi connectivity index (χ0n) is 17.5. The lowest BCUT2D eigenvalue weighted by molar-refractivity contribution is 0.0497. The quantitative estimate of drug-likeness (QED) is 0.183. The third-order valence-electron chi connectivity index (χ3n) is 4.88. The summed E-state index contributed by atoms with van der Waals surface area (Å²) >= 11 is 0. The maximum Gasteiger partial charge on any atom is 0.338 e. The van der Waals surface area contributed by atoms with Crippen molar-refractivity contribution in [2.24, 2.45) is 0 Å². The summed E-state index contributed by atoms with van der Waals surface area (Å²) in [7, 11) is 0. The standard InChI is InChI=1S/C23H39NO2.H3N/c1-2-3-4-5-6-7-8-9-10-11-12-13-14-15-20-26-23(25)21-16-18-22(24)19-17-21;/h16-19H,2-15,20,24H2,1H3;1H3. The fourth-order valence-corrected chi connectivity index (χ4v) is 3.16. The fourth-order valence-electron chi connectivity index (χ4n) is 3.16. The van der Waals surface area contributed by atoms with Gasteiger partial charge in [-0.25, -0.2) is 4.79 Å². The Labute approximate surface area is 166 Å². The van der Waals surface area contributed by atoms with Gasteiger partial charge in [0, 0.05) is 5.69 Å². The van der Waals surface area contributed by atoms with E-state index in [2.05, 4.69) is 6.92 Å². The number of unbranched alkanes of at least 4 members (excludes halogenated alkanes) is 13. The summed E-state index contributed by atoms with van der Waals surface area (Å²) in [6, 6.07) is 6.87. The first-order chi connectivity index (χ1) is 12.7. The van der Waals surface area contributed by atoms with E-state index in [-0.39, 0.29) is 12.1 Å². The van der Waals surface area contributed by atoms with Crippen LogP contribution in [0.1, 0.15) is 107 Å². The Morgan fingerprint density at radius 1 is 0.741 bits per heavy atom. The van der Waals surface area contributed by atoms with Crippen LogP contribution >= 0.6 is 0 Å². The van der Waals surface area contributed by atoms with Gasteiger partial charge in [-0.1, -0.05) is 90.4 Å². The molecule has 0 saturated carbocycles. The molecule has 0 aliphatic carbocycles. The van der Waals surface area contributed by atoms with Crippen LogP contribution in [0, 0.1) is 0 Å². The number of nitrogen functional groups attached to an aromatic ring is 1. The number of rotatable bonds is 16. The van der Waals surface area contributed by atoms with E-state index in [1.165, 1.54) is 77.0 Å². The van der Waals surface area contributed by atoms with Crippen LogP contribution in [0.25, 0.3) is 0 Å². The Balaban J connectivity index is 0.00000676. The summed E-state index contributed by atoms with van der Waals surface area (Å²) in [5, 5.41) is 0. The minimum absolute atomic E-state index is 0. The van der Waals surface area contributed by atoms with Crippen molar-refractivity contribution in [1.29, 1.82) is 0 Å². The molecule has 1 rings (SSSR count). The van der Waals surface area contributed by atoms with E-state index < -0.39 is 0 Å². The van der Waals surface area contributed by atoms with Crippen LogP contribution in [0.15, 0.2) is 24.3 Å². The minimum atomic E-state index is -0.250. The Kier molecular flexibility index (Phi) is 16.8. The first-order valence-electron chi connectivity index (χ1n) is 10.8. The van der Waals surface area contributed by atoms with E-state index in [9.17, 15) is 4.79 Å². The number of benzene rings is 1. The predicted octanol–water partition coefficient (Wildman–Crippen LogP) is 7.07. The van der Waals surface area contributed by atoms with Crippen molar-refractivity contribution < 1.29 is 9.53 Å². The summed E-state index contributed by atoms with van der Waals surface area (Å²) in [4.78, 5) is 11.8. The molecule has 0 amide bonds. The summed E-state index contributed by atoms with van der Waals surface area (Å²) in [6.45, 7) is 2.79. The van der Waals surface area contributed by atoms with Crippen LogP contribution in [-0.2, 0) is 4.74 Å². The van der Waals surface area contributed by atoms with Crippen molar-refractivity contribution in [3.05, 3.63) is 29.8 Å². The molecule has 27 heavy (non-hydrogen) atoms. The van der Waals surface area contributed by atoms with Gasteiger partial charge < -0.3 is 16.6 Å². The van der Waals surface area contributed by atoms with Gasteiger partial charge in [0.1, 0.15) is 0 Å². The fraction of sp³-hybridized carbons (Fsp3) is 0.696. The topological polar surface area (TPSA) is 87.3 Å². The number of carbonyl (C=O) groups excluding carboxylic acids is 1. The highest BCUT2D eigenvalue weighted by Crippen LogP contribution is 2.13. The largest absolute Gasteiger partial charge is 0.462 e. The van der Waals surface area contributed by atoms with E-state index in [0.29, 0.717) is 17.9 Å². The summed E-state index contributed by atoms with van der Waals surface area (Å²) < 4.78 is 5.30. The first-order valence-corrected chi connectivity index (χ1v) is 10.8. The molecule has 1 aromatic carbocycles. The first kappa shape index (κ1) is 25.4. The van der Waals surface area contributed by atoms with Gasteiger partial charge in [0.2, 0.25) is 0 Å². The summed E-state index contributed by atoms with van der Waals surface area (Å²) in [5.74, 6) is -0.250. The van der Waals surface area contributed by atoms with Crippen LogP contribution in [0.4, 0.5) is 5.69 Å². The van der Waals surface area contributed by atoms with Crippen molar-refractivity contribution in [2.75, 3.05) is 12.3 Å². The molecule has 0 aliphatic rings. The molecule has 0 atom stereocenters. The summed E-state index contributed by atoms with van der Waals surface area (Å²) in [5.41, 5.74) is 6.84. The Morgan fingerprint density at radius 2 is 1.15 bits per heavy atom. The second kappa shape index (κ2) is 17.8. The molecule has 0 unspecified atom stereocenters. The van der Waals surface area contributed by atoms with Gasteiger partial charge in [0.25, 0.3) is 0 Å². The molecular formula is C23H42N2O2. The number of ether oxygens (including phenoxy) is 1. The Bertz CT molecular complexity index is 460. The normalized spacial score (nSPS) is 10.4. The molecule has 1 aromatic rings. The molecule has 0 spiro atoms. The number of hydrogen-bond donors (Lipinski definition) is 2. The molecule has 0 fully saturated rings. The SMILES string of the molecule is CCCCCCCCCCCCCCCCOC(=O)c1ccc(N)cc1.N. The molecule has 156 valence electrons. The molecule has 4 nitrogen and oxygen atoms in total. The lowest BCUT2D eigenvalue weighted by atomic mass is 10.0. The maximum absolute atomic E-state index is 11.8. The number of carbonyl (C=O) groups is 1. The van der Waals surface area contributed by atoms with Crippen molar-refractivity contribution in [1.82, 2.24) is 6.15 Å². The third-order valence-corrected chi connectivity index (χ3v) is 4.88. The van der Waals surface area contributed by atoms with E-state index in [4.69, 9.17) is 10.5 Å². The van der Waals surface area contributed by atoms with Gasteiger partial charge in [-0.3, -0.25) is 0 Å². The van der Waals surface area contributed by atoms with E-state index >= 15 is 0 Å². The summed E-state index contributed by atoms with van der Waals surface area (Å²) in [6.07, 6.45) is 18.6. The predicted molar refractivity (Wildman–Crippen MR) is 116 cm³/mol. The van der Waals surface area contributed by atoms with Gasteiger partial charge in [0.15, 0.2) is 0 Å².